The van der Waals surface area contributed by atoms with Crippen LogP contribution in [0, 0.1) is 0 Å². The van der Waals surface area contributed by atoms with Crippen molar-refractivity contribution in [3.05, 3.63) is 69.2 Å². The zero-order valence-corrected chi connectivity index (χ0v) is 19.2. The summed E-state index contributed by atoms with van der Waals surface area (Å²) in [5.41, 5.74) is 0.0437. The van der Waals surface area contributed by atoms with Crippen molar-refractivity contribution >= 4 is 29.1 Å². The minimum Gasteiger partial charge on any atom is -0.390 e. The molecule has 2 aromatic rings. The molecule has 2 heterocycles. The largest absolute Gasteiger partial charge is 0.417 e. The van der Waals surface area contributed by atoms with Gasteiger partial charge in [0.25, 0.3) is 5.91 Å². The third-order valence-electron chi connectivity index (χ3n) is 6.26. The van der Waals surface area contributed by atoms with Crippen molar-refractivity contribution in [2.45, 2.75) is 24.9 Å². The minimum absolute atomic E-state index is 0.0818. The van der Waals surface area contributed by atoms with Gasteiger partial charge in [0.1, 0.15) is 0 Å². The number of carbonyl (C=O) groups excluding carboxylic acids is 1. The van der Waals surface area contributed by atoms with Crippen LogP contribution in [0.3, 0.4) is 0 Å². The number of nitrogens with zero attached hydrogens (tertiary/aromatic N) is 3. The average molecular weight is 502 g/mol. The second-order valence-electron chi connectivity index (χ2n) is 8.48. The molecule has 5 nitrogen and oxygen atoms in total. The molecule has 2 aromatic carbocycles. The monoisotopic (exact) mass is 501 g/mol. The number of amides is 1. The van der Waals surface area contributed by atoms with Crippen LogP contribution in [0.2, 0.25) is 10.0 Å². The van der Waals surface area contributed by atoms with E-state index in [-0.39, 0.29) is 24.7 Å². The molecule has 0 unspecified atom stereocenters. The fourth-order valence-electron chi connectivity index (χ4n) is 4.45. The smallest absolute Gasteiger partial charge is 0.390 e. The Balaban J connectivity index is 1.35. The van der Waals surface area contributed by atoms with Gasteiger partial charge in [-0.05, 0) is 35.9 Å². The Kier molecular flexibility index (Phi) is 7.21. The second-order valence-corrected chi connectivity index (χ2v) is 9.32. The van der Waals surface area contributed by atoms with Crippen LogP contribution >= 0.6 is 23.2 Å². The van der Waals surface area contributed by atoms with E-state index in [4.69, 9.17) is 23.2 Å². The molecule has 0 saturated carbocycles. The summed E-state index contributed by atoms with van der Waals surface area (Å²) < 4.78 is 39.5. The van der Waals surface area contributed by atoms with Crippen LogP contribution in [0.4, 0.5) is 13.2 Å². The van der Waals surface area contributed by atoms with Crippen molar-refractivity contribution in [2.24, 2.45) is 0 Å². The number of rotatable bonds is 4. The average Bonchev–Trinajstić information content (AvgIpc) is 3.16. The summed E-state index contributed by atoms with van der Waals surface area (Å²) in [6.45, 7) is 4.24. The lowest BCUT2D eigenvalue weighted by Gasteiger charge is -2.38. The molecule has 10 heteroatoms. The molecule has 2 aliphatic rings. The standard InChI is InChI=1S/C23H24Cl2F3N3O2/c24-17-4-1-15(2-5-17)12-29-7-9-30(10-8-29)20-13-31(14-21(20)32)22(33)16-3-6-19(25)18(11-16)23(26,27)28/h1-6,11,20-21,32H,7-10,12-14H2/t20-,21-/m1/s1. The second kappa shape index (κ2) is 9.80. The Labute approximate surface area is 200 Å². The fraction of sp³-hybridized carbons (Fsp3) is 0.435. The van der Waals surface area contributed by atoms with Crippen molar-refractivity contribution in [1.29, 1.82) is 0 Å². The van der Waals surface area contributed by atoms with E-state index in [1.54, 1.807) is 0 Å². The Morgan fingerprint density at radius 2 is 1.67 bits per heavy atom. The van der Waals surface area contributed by atoms with E-state index >= 15 is 0 Å². The highest BCUT2D eigenvalue weighted by Gasteiger charge is 2.40. The number of piperazine rings is 1. The Hall–Kier alpha value is -1.84. The first kappa shape index (κ1) is 24.3. The number of hydrogen-bond acceptors (Lipinski definition) is 4. The summed E-state index contributed by atoms with van der Waals surface area (Å²) >= 11 is 11.6. The lowest BCUT2D eigenvalue weighted by Crippen LogP contribution is -2.53. The summed E-state index contributed by atoms with van der Waals surface area (Å²) in [4.78, 5) is 18.7. The van der Waals surface area contributed by atoms with E-state index in [0.29, 0.717) is 5.02 Å². The first-order valence-corrected chi connectivity index (χ1v) is 11.4. The van der Waals surface area contributed by atoms with Gasteiger partial charge in [0.2, 0.25) is 0 Å². The molecule has 0 radical (unpaired) electrons. The molecular formula is C23H24Cl2F3N3O2. The summed E-state index contributed by atoms with van der Waals surface area (Å²) in [7, 11) is 0. The number of β-amino-alcohol motifs (C(OH)–C–C–N with tert-alkyl or cyclic N) is 1. The topological polar surface area (TPSA) is 47.0 Å². The third-order valence-corrected chi connectivity index (χ3v) is 6.84. The quantitative estimate of drug-likeness (QED) is 0.687. The molecule has 0 bridgehead atoms. The molecule has 2 atom stereocenters. The Morgan fingerprint density at radius 1 is 1.00 bits per heavy atom. The van der Waals surface area contributed by atoms with Gasteiger partial charge >= 0.3 is 6.18 Å². The molecule has 0 aromatic heterocycles. The lowest BCUT2D eigenvalue weighted by molar-refractivity contribution is -0.137. The number of likely N-dealkylation sites (tertiary alicyclic amines) is 1. The van der Waals surface area contributed by atoms with Crippen LogP contribution in [0.15, 0.2) is 42.5 Å². The molecule has 2 saturated heterocycles. The van der Waals surface area contributed by atoms with Crippen molar-refractivity contribution in [2.75, 3.05) is 39.3 Å². The molecule has 1 amide bonds. The van der Waals surface area contributed by atoms with E-state index in [1.807, 2.05) is 24.3 Å². The van der Waals surface area contributed by atoms with E-state index in [9.17, 15) is 23.1 Å². The lowest BCUT2D eigenvalue weighted by atomic mass is 10.1. The highest BCUT2D eigenvalue weighted by Crippen LogP contribution is 2.35. The van der Waals surface area contributed by atoms with Gasteiger partial charge in [-0.1, -0.05) is 35.3 Å². The number of carbonyl (C=O) groups is 1. The van der Waals surface area contributed by atoms with Gasteiger partial charge in [-0.2, -0.15) is 13.2 Å². The zero-order chi connectivity index (χ0) is 23.8. The number of halogens is 5. The van der Waals surface area contributed by atoms with E-state index in [0.717, 1.165) is 44.9 Å². The van der Waals surface area contributed by atoms with E-state index in [1.165, 1.54) is 16.5 Å². The van der Waals surface area contributed by atoms with Gasteiger partial charge in [0.05, 0.1) is 22.7 Å². The van der Waals surface area contributed by atoms with Gasteiger partial charge in [-0.25, -0.2) is 0 Å². The molecule has 2 aliphatic heterocycles. The van der Waals surface area contributed by atoms with Crippen LogP contribution < -0.4 is 0 Å². The molecular weight excluding hydrogens is 478 g/mol. The molecule has 4 rings (SSSR count). The SMILES string of the molecule is O=C(c1ccc(Cl)c(C(F)(F)F)c1)N1C[C@@H](O)[C@H](N2CCN(Cc3ccc(Cl)cc3)CC2)C1. The summed E-state index contributed by atoms with van der Waals surface area (Å²) in [6, 6.07) is 10.6. The van der Waals surface area contributed by atoms with Crippen LogP contribution in [0.25, 0.3) is 0 Å². The number of hydrogen-bond donors (Lipinski definition) is 1. The van der Waals surface area contributed by atoms with Gasteiger partial charge in [0.15, 0.2) is 0 Å². The summed E-state index contributed by atoms with van der Waals surface area (Å²) in [6.07, 6.45) is -5.40. The molecule has 0 spiro atoms. The maximum atomic E-state index is 13.2. The number of aliphatic hydroxyl groups excluding tert-OH is 1. The number of benzene rings is 2. The van der Waals surface area contributed by atoms with Crippen LogP contribution in [-0.2, 0) is 12.7 Å². The molecule has 2 fully saturated rings. The molecule has 1 N–H and O–H groups in total. The van der Waals surface area contributed by atoms with Gasteiger partial charge in [-0.3, -0.25) is 14.6 Å². The highest BCUT2D eigenvalue weighted by atomic mass is 35.5. The predicted molar refractivity (Wildman–Crippen MR) is 120 cm³/mol. The van der Waals surface area contributed by atoms with Crippen LogP contribution in [0.1, 0.15) is 21.5 Å². The van der Waals surface area contributed by atoms with Crippen LogP contribution in [-0.4, -0.2) is 77.1 Å². The van der Waals surface area contributed by atoms with E-state index < -0.39 is 28.8 Å². The summed E-state index contributed by atoms with van der Waals surface area (Å²) in [5.74, 6) is -0.542. The molecule has 33 heavy (non-hydrogen) atoms. The number of alkyl halides is 3. The molecule has 178 valence electrons. The van der Waals surface area contributed by atoms with Crippen molar-refractivity contribution in [3.8, 4) is 0 Å². The van der Waals surface area contributed by atoms with Crippen molar-refractivity contribution in [1.82, 2.24) is 14.7 Å². The highest BCUT2D eigenvalue weighted by molar-refractivity contribution is 6.31. The van der Waals surface area contributed by atoms with E-state index in [2.05, 4.69) is 9.80 Å². The Morgan fingerprint density at radius 3 is 2.30 bits per heavy atom. The van der Waals surface area contributed by atoms with Crippen molar-refractivity contribution < 1.29 is 23.1 Å². The molecule has 0 aliphatic carbocycles. The Bertz CT molecular complexity index is 995. The first-order chi connectivity index (χ1) is 15.6. The maximum absolute atomic E-state index is 13.2. The maximum Gasteiger partial charge on any atom is 0.417 e. The van der Waals surface area contributed by atoms with Gasteiger partial charge in [-0.15, -0.1) is 0 Å². The predicted octanol–water partition coefficient (Wildman–Crippen LogP) is 4.02. The van der Waals surface area contributed by atoms with Crippen LogP contribution in [0.5, 0.6) is 0 Å². The number of aliphatic hydroxyl groups is 1. The fourth-order valence-corrected chi connectivity index (χ4v) is 4.80. The third kappa shape index (κ3) is 5.63. The zero-order valence-electron chi connectivity index (χ0n) is 17.7. The summed E-state index contributed by atoms with van der Waals surface area (Å²) in [5, 5.41) is 10.9. The first-order valence-electron chi connectivity index (χ1n) is 10.7. The normalized spacial score (nSPS) is 22.7. The van der Waals surface area contributed by atoms with Crippen molar-refractivity contribution in [3.63, 3.8) is 0 Å². The minimum atomic E-state index is -4.65. The van der Waals surface area contributed by atoms with Gasteiger partial charge < -0.3 is 10.0 Å². The van der Waals surface area contributed by atoms with Gasteiger partial charge in [0, 0.05) is 56.4 Å².